The van der Waals surface area contributed by atoms with Crippen molar-refractivity contribution in [2.24, 2.45) is 52.3 Å². The summed E-state index contributed by atoms with van der Waals surface area (Å²) in [4.78, 5) is 13.2. The predicted molar refractivity (Wildman–Crippen MR) is 130 cm³/mol. The van der Waals surface area contributed by atoms with Crippen molar-refractivity contribution in [3.63, 3.8) is 0 Å². The van der Waals surface area contributed by atoms with Crippen LogP contribution in [0.15, 0.2) is 11.6 Å². The molecule has 4 aliphatic carbocycles. The summed E-state index contributed by atoms with van der Waals surface area (Å²) in [6, 6.07) is 0. The van der Waals surface area contributed by atoms with Crippen molar-refractivity contribution in [1.29, 1.82) is 0 Å². The molecule has 4 rings (SSSR count). The molecule has 0 spiro atoms. The molecule has 3 heteroatoms. The number of carbonyl (C=O) groups excluding carboxylic acids is 1. The lowest BCUT2D eigenvalue weighted by atomic mass is 9.46. The molecular weight excluding hydrogens is 396 g/mol. The quantitative estimate of drug-likeness (QED) is 0.481. The highest BCUT2D eigenvalue weighted by molar-refractivity contribution is 5.90. The Morgan fingerprint density at radius 1 is 1.03 bits per heavy atom. The highest BCUT2D eigenvalue weighted by Gasteiger charge is 2.62. The number of ketones is 1. The molecule has 2 N–H and O–H groups in total. The summed E-state index contributed by atoms with van der Waals surface area (Å²) in [7, 11) is 0. The van der Waals surface area contributed by atoms with Crippen LogP contribution in [0.3, 0.4) is 0 Å². The van der Waals surface area contributed by atoms with E-state index in [0.29, 0.717) is 12.3 Å². The van der Waals surface area contributed by atoms with E-state index >= 15 is 0 Å². The Kier molecular flexibility index (Phi) is 6.75. The average molecular weight is 445 g/mol. The van der Waals surface area contributed by atoms with Crippen LogP contribution in [0, 0.1) is 52.3 Å². The molecule has 32 heavy (non-hydrogen) atoms. The smallest absolute Gasteiger partial charge is 0.145 e. The Bertz CT molecular complexity index is 741. The van der Waals surface area contributed by atoms with Gasteiger partial charge in [-0.15, -0.1) is 0 Å². The van der Waals surface area contributed by atoms with E-state index < -0.39 is 17.6 Å². The van der Waals surface area contributed by atoms with Gasteiger partial charge in [0, 0.05) is 6.42 Å². The molecule has 0 aromatic heterocycles. The van der Waals surface area contributed by atoms with Gasteiger partial charge in [0.25, 0.3) is 0 Å². The first-order valence-corrected chi connectivity index (χ1v) is 13.6. The minimum Gasteiger partial charge on any atom is -0.392 e. The molecule has 0 aromatic rings. The van der Waals surface area contributed by atoms with Gasteiger partial charge in [0.15, 0.2) is 0 Å². The minimum atomic E-state index is -0.575. The normalized spacial score (nSPS) is 45.7. The van der Waals surface area contributed by atoms with Crippen molar-refractivity contribution in [2.75, 3.05) is 0 Å². The predicted octanol–water partition coefficient (Wildman–Crippen LogP) is 6.17. The van der Waals surface area contributed by atoms with Gasteiger partial charge in [0.1, 0.15) is 5.78 Å². The fourth-order valence-electron chi connectivity index (χ4n) is 9.15. The van der Waals surface area contributed by atoms with Gasteiger partial charge >= 0.3 is 0 Å². The summed E-state index contributed by atoms with van der Waals surface area (Å²) in [5.41, 5.74) is 0.820. The van der Waals surface area contributed by atoms with Gasteiger partial charge in [-0.2, -0.15) is 0 Å². The number of hydrogen-bond donors (Lipinski definition) is 2. The second-order valence-electron chi connectivity index (χ2n) is 12.9. The molecular formula is C29H48O3. The van der Waals surface area contributed by atoms with Crippen LogP contribution in [0.25, 0.3) is 0 Å². The maximum atomic E-state index is 13.2. The molecule has 0 amide bonds. The zero-order valence-electron chi connectivity index (χ0n) is 21.4. The summed E-state index contributed by atoms with van der Waals surface area (Å²) in [5, 5.41) is 21.5. The van der Waals surface area contributed by atoms with E-state index in [1.165, 1.54) is 38.5 Å². The summed E-state index contributed by atoms with van der Waals surface area (Å²) in [5.74, 6) is 4.18. The SMILES string of the molecule is CC[C@H](CC[C@@H](C)[C@H]1CC[C@H]2[C@@H]3[C@H](O)C=C4C[C@@H](O)CC(=O)[C@]4(C)[C@H]3CC[C@]12C)C(C)C. The molecule has 0 aliphatic heterocycles. The van der Waals surface area contributed by atoms with Crippen molar-refractivity contribution in [1.82, 2.24) is 0 Å². The fourth-order valence-corrected chi connectivity index (χ4v) is 9.15. The lowest BCUT2D eigenvalue weighted by Gasteiger charge is -2.58. The number of Topliss-reactive ketones (excluding diaryl/α,β-unsaturated/α-hetero) is 1. The molecule has 0 radical (unpaired) electrons. The van der Waals surface area contributed by atoms with Gasteiger partial charge in [-0.25, -0.2) is 0 Å². The van der Waals surface area contributed by atoms with E-state index in [9.17, 15) is 15.0 Å². The van der Waals surface area contributed by atoms with Gasteiger partial charge in [0.2, 0.25) is 0 Å². The molecule has 3 nitrogen and oxygen atoms in total. The van der Waals surface area contributed by atoms with Crippen molar-refractivity contribution < 1.29 is 15.0 Å². The van der Waals surface area contributed by atoms with Crippen LogP contribution >= 0.6 is 0 Å². The number of fused-ring (bicyclic) bond motifs is 5. The Labute approximate surface area is 196 Å². The first-order chi connectivity index (χ1) is 15.0. The van der Waals surface area contributed by atoms with Crippen LogP contribution in [0.4, 0.5) is 0 Å². The first-order valence-electron chi connectivity index (χ1n) is 13.6. The zero-order valence-corrected chi connectivity index (χ0v) is 21.4. The number of rotatable bonds is 6. The summed E-state index contributed by atoms with van der Waals surface area (Å²) in [6.45, 7) is 14.2. The Morgan fingerprint density at radius 2 is 1.75 bits per heavy atom. The van der Waals surface area contributed by atoms with Crippen LogP contribution in [-0.4, -0.2) is 28.2 Å². The highest BCUT2D eigenvalue weighted by atomic mass is 16.3. The summed E-state index contributed by atoms with van der Waals surface area (Å²) in [6.07, 6.45) is 10.4. The van der Waals surface area contributed by atoms with Crippen LogP contribution in [0.2, 0.25) is 0 Å². The molecule has 182 valence electrons. The Balaban J connectivity index is 1.55. The largest absolute Gasteiger partial charge is 0.392 e. The number of hydrogen-bond acceptors (Lipinski definition) is 3. The standard InChI is InChI=1S/C29H48O3/c1-7-19(17(2)3)9-8-18(4)22-10-11-23-27-24(12-13-28(22,23)5)29(6)20(15-25(27)31)14-21(30)16-26(29)32/h15,17-19,21-25,27,30-31H,7-14,16H2,1-6H3/t18-,19-,21-,22-,23+,24+,25-,27+,28-,29+/m1/s1. The second-order valence-corrected chi connectivity index (χ2v) is 12.9. The van der Waals surface area contributed by atoms with Crippen LogP contribution < -0.4 is 0 Å². The van der Waals surface area contributed by atoms with E-state index in [0.717, 1.165) is 35.7 Å². The minimum absolute atomic E-state index is 0.193. The topological polar surface area (TPSA) is 57.5 Å². The molecule has 10 atom stereocenters. The molecule has 0 unspecified atom stereocenters. The van der Waals surface area contributed by atoms with Gasteiger partial charge in [-0.3, -0.25) is 4.79 Å². The number of aliphatic hydroxyl groups excluding tert-OH is 2. The molecule has 0 bridgehead atoms. The van der Waals surface area contributed by atoms with Gasteiger partial charge in [-0.1, -0.05) is 59.1 Å². The Hall–Kier alpha value is -0.670. The first kappa shape index (κ1) is 24.5. The van der Waals surface area contributed by atoms with Crippen LogP contribution in [0.1, 0.15) is 99.3 Å². The zero-order chi connectivity index (χ0) is 23.4. The van der Waals surface area contributed by atoms with Gasteiger partial charge < -0.3 is 10.2 Å². The van der Waals surface area contributed by atoms with Gasteiger partial charge in [-0.05, 0) is 92.3 Å². The third kappa shape index (κ3) is 3.74. The monoisotopic (exact) mass is 444 g/mol. The van der Waals surface area contributed by atoms with Crippen LogP contribution in [-0.2, 0) is 4.79 Å². The third-order valence-corrected chi connectivity index (χ3v) is 11.2. The summed E-state index contributed by atoms with van der Waals surface area (Å²) < 4.78 is 0. The molecule has 3 fully saturated rings. The maximum absolute atomic E-state index is 13.2. The van der Waals surface area contributed by atoms with Crippen molar-refractivity contribution in [3.05, 3.63) is 11.6 Å². The van der Waals surface area contributed by atoms with Crippen molar-refractivity contribution in [2.45, 2.75) is 112 Å². The average Bonchev–Trinajstić information content (AvgIpc) is 3.07. The van der Waals surface area contributed by atoms with Crippen molar-refractivity contribution in [3.8, 4) is 0 Å². The van der Waals surface area contributed by atoms with Crippen LogP contribution in [0.5, 0.6) is 0 Å². The molecule has 3 saturated carbocycles. The number of aliphatic hydroxyl groups is 2. The summed E-state index contributed by atoms with van der Waals surface area (Å²) >= 11 is 0. The molecule has 0 aromatic carbocycles. The fraction of sp³-hybridized carbons (Fsp3) is 0.897. The molecule has 0 heterocycles. The molecule has 0 saturated heterocycles. The lowest BCUT2D eigenvalue weighted by molar-refractivity contribution is -0.145. The third-order valence-electron chi connectivity index (χ3n) is 11.2. The van der Waals surface area contributed by atoms with E-state index in [2.05, 4.69) is 41.5 Å². The molecule has 4 aliphatic rings. The maximum Gasteiger partial charge on any atom is 0.145 e. The van der Waals surface area contributed by atoms with E-state index in [1.807, 2.05) is 6.08 Å². The lowest BCUT2D eigenvalue weighted by Crippen LogP contribution is -2.57. The number of carbonyl (C=O) groups is 1. The van der Waals surface area contributed by atoms with Crippen molar-refractivity contribution >= 4 is 5.78 Å². The highest BCUT2D eigenvalue weighted by Crippen LogP contribution is 2.66. The van der Waals surface area contributed by atoms with E-state index in [1.54, 1.807) is 0 Å². The van der Waals surface area contributed by atoms with E-state index in [-0.39, 0.29) is 29.5 Å². The van der Waals surface area contributed by atoms with E-state index in [4.69, 9.17) is 0 Å². The van der Waals surface area contributed by atoms with Gasteiger partial charge in [0.05, 0.1) is 17.6 Å². The Morgan fingerprint density at radius 3 is 2.41 bits per heavy atom. The second kappa shape index (κ2) is 8.84.